The third-order valence-corrected chi connectivity index (χ3v) is 2.04. The Morgan fingerprint density at radius 2 is 2.13 bits per heavy atom. The van der Waals surface area contributed by atoms with Gasteiger partial charge in [0.25, 0.3) is 0 Å². The Labute approximate surface area is 86.2 Å². The lowest BCUT2D eigenvalue weighted by atomic mass is 10.1. The summed E-state index contributed by atoms with van der Waals surface area (Å²) in [4.78, 5) is 20.3. The Balaban J connectivity index is 2.71. The highest BCUT2D eigenvalue weighted by molar-refractivity contribution is 5.59. The molecule has 0 radical (unpaired) electrons. The minimum atomic E-state index is -0.0766. The fraction of sp³-hybridized carbons (Fsp3) is 0.200. The van der Waals surface area contributed by atoms with Gasteiger partial charge in [-0.15, -0.1) is 4.73 Å². The van der Waals surface area contributed by atoms with Crippen LogP contribution in [0.15, 0.2) is 29.2 Å². The Kier molecular flexibility index (Phi) is 2.29. The van der Waals surface area contributed by atoms with Crippen LogP contribution in [0.3, 0.4) is 0 Å². The summed E-state index contributed by atoms with van der Waals surface area (Å²) in [5.74, 6) is 0. The first-order valence-electron chi connectivity index (χ1n) is 4.36. The maximum atomic E-state index is 11.1. The molecule has 0 spiro atoms. The zero-order chi connectivity index (χ0) is 10.8. The molecule has 5 heteroatoms. The largest absolute Gasteiger partial charge is 0.466 e. The summed E-state index contributed by atoms with van der Waals surface area (Å²) in [5, 5.41) is 0. The number of methoxy groups -OCH3 is 1. The van der Waals surface area contributed by atoms with E-state index in [2.05, 4.69) is 4.98 Å². The van der Waals surface area contributed by atoms with Crippen LogP contribution >= 0.6 is 0 Å². The summed E-state index contributed by atoms with van der Waals surface area (Å²) in [5.41, 5.74) is 1.33. The van der Waals surface area contributed by atoms with Gasteiger partial charge in [-0.25, -0.2) is 0 Å². The van der Waals surface area contributed by atoms with Crippen LogP contribution < -0.4 is 15.0 Å². The minimum Gasteiger partial charge on any atom is -0.466 e. The number of nitrogens with zero attached hydrogens (tertiary/aromatic N) is 2. The smallest absolute Gasteiger partial charge is 0.330 e. The number of hydrogen-bond acceptors (Lipinski definition) is 4. The summed E-state index contributed by atoms with van der Waals surface area (Å²) < 4.78 is 6.40. The van der Waals surface area contributed by atoms with Crippen molar-refractivity contribution in [3.63, 3.8) is 0 Å². The molecule has 0 aromatic rings. The van der Waals surface area contributed by atoms with Gasteiger partial charge >= 0.3 is 6.01 Å². The fourth-order valence-electron chi connectivity index (χ4n) is 1.33. The average molecular weight is 206 g/mol. The van der Waals surface area contributed by atoms with E-state index in [0.29, 0.717) is 11.7 Å². The van der Waals surface area contributed by atoms with Crippen LogP contribution in [0.25, 0.3) is 11.3 Å². The molecule has 5 nitrogen and oxygen atoms in total. The van der Waals surface area contributed by atoms with Crippen LogP contribution in [0, 0.1) is 0 Å². The fourth-order valence-corrected chi connectivity index (χ4v) is 1.33. The van der Waals surface area contributed by atoms with Crippen LogP contribution in [0.5, 0.6) is 6.01 Å². The van der Waals surface area contributed by atoms with Gasteiger partial charge < -0.3 is 9.57 Å². The Morgan fingerprint density at radius 1 is 1.33 bits per heavy atom. The topological polar surface area (TPSA) is 53.3 Å². The van der Waals surface area contributed by atoms with E-state index < -0.39 is 0 Å². The molecule has 0 saturated heterocycles. The molecular weight excluding hydrogens is 196 g/mol. The highest BCUT2D eigenvalue weighted by Gasteiger charge is 2.10. The first kappa shape index (κ1) is 9.51. The monoisotopic (exact) mass is 206 g/mol. The quantitative estimate of drug-likeness (QED) is 0.714. The van der Waals surface area contributed by atoms with Gasteiger partial charge in [0.2, 0.25) is 0 Å². The molecule has 0 fully saturated rings. The number of fused-ring (bicyclic) bond motifs is 1. The van der Waals surface area contributed by atoms with Crippen LogP contribution in [-0.2, 0) is 0 Å². The van der Waals surface area contributed by atoms with Crippen molar-refractivity contribution in [2.45, 2.75) is 0 Å². The van der Waals surface area contributed by atoms with Crippen LogP contribution in [-0.4, -0.2) is 23.9 Å². The molecule has 2 rings (SSSR count). The molecule has 0 unspecified atom stereocenters. The molecule has 0 aromatic carbocycles. The predicted molar refractivity (Wildman–Crippen MR) is 54.2 cm³/mol. The standard InChI is InChI=1S/C10H10N2O3/c1-14-10-11-9-5-8(13)4-3-7(9)6-12(10)15-2/h3-6H,1-2H3. The normalized spacial score (nSPS) is 10.3. The molecule has 0 saturated carbocycles. The van der Waals surface area contributed by atoms with Gasteiger partial charge in [0.1, 0.15) is 7.11 Å². The molecule has 1 aliphatic carbocycles. The summed E-state index contributed by atoms with van der Waals surface area (Å²) in [6, 6.07) is 4.93. The third kappa shape index (κ3) is 1.63. The van der Waals surface area contributed by atoms with Crippen LogP contribution in [0.2, 0.25) is 0 Å². The summed E-state index contributed by atoms with van der Waals surface area (Å²) >= 11 is 0. The molecule has 15 heavy (non-hydrogen) atoms. The van der Waals surface area contributed by atoms with Crippen molar-refractivity contribution in [3.8, 4) is 17.3 Å². The van der Waals surface area contributed by atoms with E-state index in [0.717, 1.165) is 5.56 Å². The maximum absolute atomic E-state index is 11.1. The summed E-state index contributed by atoms with van der Waals surface area (Å²) in [7, 11) is 3.00. The molecule has 2 aliphatic rings. The summed E-state index contributed by atoms with van der Waals surface area (Å²) in [6.45, 7) is 0. The van der Waals surface area contributed by atoms with E-state index in [1.54, 1.807) is 12.3 Å². The van der Waals surface area contributed by atoms with Gasteiger partial charge in [0.05, 0.1) is 19.0 Å². The second-order valence-electron chi connectivity index (χ2n) is 2.96. The zero-order valence-electron chi connectivity index (χ0n) is 8.43. The Morgan fingerprint density at radius 3 is 2.80 bits per heavy atom. The first-order valence-corrected chi connectivity index (χ1v) is 4.36. The molecule has 0 N–H and O–H groups in total. The van der Waals surface area contributed by atoms with Crippen LogP contribution in [0.4, 0.5) is 0 Å². The highest BCUT2D eigenvalue weighted by Crippen LogP contribution is 2.19. The van der Waals surface area contributed by atoms with Gasteiger partial charge in [-0.3, -0.25) is 4.79 Å². The lowest BCUT2D eigenvalue weighted by Gasteiger charge is -2.12. The van der Waals surface area contributed by atoms with E-state index >= 15 is 0 Å². The Bertz CT molecular complexity index is 507. The minimum absolute atomic E-state index is 0.0766. The van der Waals surface area contributed by atoms with Gasteiger partial charge in [0.15, 0.2) is 5.43 Å². The number of benzene rings is 1. The SMILES string of the molecule is COc1nc2cc(=O)ccc-2cn1OC. The molecule has 0 aromatic heterocycles. The van der Waals surface area contributed by atoms with Gasteiger partial charge in [0, 0.05) is 11.6 Å². The van der Waals surface area contributed by atoms with Crippen LogP contribution in [0.1, 0.15) is 0 Å². The van der Waals surface area contributed by atoms with Gasteiger partial charge in [-0.1, -0.05) is 0 Å². The average Bonchev–Trinajstić information content (AvgIpc) is 2.27. The van der Waals surface area contributed by atoms with Crippen molar-refractivity contribution >= 4 is 0 Å². The first-order chi connectivity index (χ1) is 7.24. The van der Waals surface area contributed by atoms with E-state index in [1.807, 2.05) is 0 Å². The number of hydrogen-bond donors (Lipinski definition) is 0. The molecular formula is C10H10N2O3. The second-order valence-corrected chi connectivity index (χ2v) is 2.96. The van der Waals surface area contributed by atoms with Crippen molar-refractivity contribution in [2.24, 2.45) is 0 Å². The van der Waals surface area contributed by atoms with Crippen molar-refractivity contribution in [3.05, 3.63) is 34.6 Å². The predicted octanol–water partition coefficient (Wildman–Crippen LogP) is 0.415. The lowest BCUT2D eigenvalue weighted by molar-refractivity contribution is 0.130. The number of ether oxygens (including phenoxy) is 1. The van der Waals surface area contributed by atoms with E-state index in [1.165, 1.54) is 31.1 Å². The van der Waals surface area contributed by atoms with Crippen molar-refractivity contribution in [1.82, 2.24) is 9.71 Å². The second kappa shape index (κ2) is 3.61. The lowest BCUT2D eigenvalue weighted by Crippen LogP contribution is -2.13. The van der Waals surface area contributed by atoms with E-state index in [9.17, 15) is 4.79 Å². The molecule has 1 aliphatic heterocycles. The van der Waals surface area contributed by atoms with Gasteiger partial charge in [-0.2, -0.15) is 4.98 Å². The molecule has 1 heterocycles. The van der Waals surface area contributed by atoms with Crippen molar-refractivity contribution < 1.29 is 9.57 Å². The summed E-state index contributed by atoms with van der Waals surface area (Å²) in [6.07, 6.45) is 1.71. The molecule has 78 valence electrons. The van der Waals surface area contributed by atoms with Crippen molar-refractivity contribution in [2.75, 3.05) is 14.2 Å². The maximum Gasteiger partial charge on any atom is 0.330 e. The van der Waals surface area contributed by atoms with E-state index in [4.69, 9.17) is 9.57 Å². The zero-order valence-corrected chi connectivity index (χ0v) is 8.43. The van der Waals surface area contributed by atoms with Crippen molar-refractivity contribution in [1.29, 1.82) is 0 Å². The molecule has 0 atom stereocenters. The highest BCUT2D eigenvalue weighted by atomic mass is 16.7. The van der Waals surface area contributed by atoms with E-state index in [-0.39, 0.29) is 5.43 Å². The molecule has 0 amide bonds. The Hall–Kier alpha value is -2.04. The van der Waals surface area contributed by atoms with Gasteiger partial charge in [-0.05, 0) is 12.1 Å². The number of aromatic nitrogens is 2. The molecule has 0 bridgehead atoms. The third-order valence-electron chi connectivity index (χ3n) is 2.04. The number of rotatable bonds is 2.